The number of methoxy groups -OCH3 is 1. The summed E-state index contributed by atoms with van der Waals surface area (Å²) in [6.45, 7) is 1.29. The number of ether oxygens (including phenoxy) is 2. The minimum atomic E-state index is -0.858. The van der Waals surface area contributed by atoms with E-state index in [1.54, 1.807) is 30.3 Å². The summed E-state index contributed by atoms with van der Waals surface area (Å²) in [5, 5.41) is 1.40. The van der Waals surface area contributed by atoms with Crippen LogP contribution < -0.4 is 4.74 Å². The molecule has 0 aliphatic carbocycles. The number of hydrogen-bond donors (Lipinski definition) is 0. The van der Waals surface area contributed by atoms with E-state index >= 15 is 0 Å². The number of rotatable bonds is 4. The molecule has 0 bridgehead atoms. The standard InChI is InChI=1S/C16H12Cl4O3/c1-8(21)23-16(11-4-3-9(17)5-12(11)18)15-13(19)6-10(22-2)7-14(15)20/h3-7,16H,1-2H3. The number of halogens is 4. The lowest BCUT2D eigenvalue weighted by molar-refractivity contribution is -0.144. The Labute approximate surface area is 154 Å². The summed E-state index contributed by atoms with van der Waals surface area (Å²) in [6, 6.07) is 8.03. The zero-order chi connectivity index (χ0) is 17.1. The van der Waals surface area contributed by atoms with Crippen molar-refractivity contribution in [3.05, 3.63) is 61.5 Å². The van der Waals surface area contributed by atoms with Gasteiger partial charge in [-0.1, -0.05) is 52.5 Å². The van der Waals surface area contributed by atoms with Crippen LogP contribution in [0.15, 0.2) is 30.3 Å². The van der Waals surface area contributed by atoms with Gasteiger partial charge in [0.1, 0.15) is 5.75 Å². The van der Waals surface area contributed by atoms with Crippen molar-refractivity contribution >= 4 is 52.4 Å². The van der Waals surface area contributed by atoms with E-state index in [1.165, 1.54) is 14.0 Å². The molecule has 0 aromatic heterocycles. The largest absolute Gasteiger partial charge is 0.497 e. The van der Waals surface area contributed by atoms with Crippen LogP contribution in [0.3, 0.4) is 0 Å². The predicted molar refractivity (Wildman–Crippen MR) is 93.1 cm³/mol. The van der Waals surface area contributed by atoms with E-state index in [0.717, 1.165) is 0 Å². The second-order valence-electron chi connectivity index (χ2n) is 4.66. The lowest BCUT2D eigenvalue weighted by Gasteiger charge is -2.22. The van der Waals surface area contributed by atoms with Crippen LogP contribution in [0.4, 0.5) is 0 Å². The van der Waals surface area contributed by atoms with Gasteiger partial charge in [-0.2, -0.15) is 0 Å². The van der Waals surface area contributed by atoms with E-state index in [0.29, 0.717) is 37.0 Å². The van der Waals surface area contributed by atoms with Crippen molar-refractivity contribution in [2.45, 2.75) is 13.0 Å². The van der Waals surface area contributed by atoms with Crippen LogP contribution in [-0.4, -0.2) is 13.1 Å². The first-order valence-corrected chi connectivity index (χ1v) is 7.99. The van der Waals surface area contributed by atoms with Crippen molar-refractivity contribution in [3.8, 4) is 5.75 Å². The van der Waals surface area contributed by atoms with E-state index in [9.17, 15) is 4.79 Å². The monoisotopic (exact) mass is 392 g/mol. The average molecular weight is 394 g/mol. The molecule has 0 spiro atoms. The minimum Gasteiger partial charge on any atom is -0.497 e. The Bertz CT molecular complexity index is 723. The Morgan fingerprint density at radius 1 is 1.00 bits per heavy atom. The van der Waals surface area contributed by atoms with Gasteiger partial charge >= 0.3 is 5.97 Å². The van der Waals surface area contributed by atoms with Crippen LogP contribution in [0.2, 0.25) is 20.1 Å². The maximum Gasteiger partial charge on any atom is 0.303 e. The highest BCUT2D eigenvalue weighted by Gasteiger charge is 2.26. The molecule has 2 aromatic rings. The summed E-state index contributed by atoms with van der Waals surface area (Å²) in [7, 11) is 1.50. The fourth-order valence-electron chi connectivity index (χ4n) is 2.09. The number of esters is 1. The Morgan fingerprint density at radius 2 is 1.61 bits per heavy atom. The molecule has 0 N–H and O–H groups in total. The van der Waals surface area contributed by atoms with Gasteiger partial charge in [0, 0.05) is 28.1 Å². The summed E-state index contributed by atoms with van der Waals surface area (Å²) in [5.41, 5.74) is 0.953. The summed E-state index contributed by atoms with van der Waals surface area (Å²) in [4.78, 5) is 11.5. The highest BCUT2D eigenvalue weighted by Crippen LogP contribution is 2.41. The van der Waals surface area contributed by atoms with Crippen molar-refractivity contribution in [1.29, 1.82) is 0 Å². The molecule has 0 saturated heterocycles. The van der Waals surface area contributed by atoms with E-state index in [4.69, 9.17) is 55.9 Å². The smallest absolute Gasteiger partial charge is 0.303 e. The third-order valence-corrected chi connectivity index (χ3v) is 4.27. The first-order valence-electron chi connectivity index (χ1n) is 6.48. The van der Waals surface area contributed by atoms with Gasteiger partial charge in [0.2, 0.25) is 0 Å². The quantitative estimate of drug-likeness (QED) is 0.601. The van der Waals surface area contributed by atoms with Crippen LogP contribution in [0, 0.1) is 0 Å². The molecule has 0 saturated carbocycles. The lowest BCUT2D eigenvalue weighted by Crippen LogP contribution is -2.12. The van der Waals surface area contributed by atoms with Crippen LogP contribution in [-0.2, 0) is 9.53 Å². The Kier molecular flexibility index (Phi) is 6.04. The lowest BCUT2D eigenvalue weighted by atomic mass is 10.0. The molecule has 1 unspecified atom stereocenters. The first-order chi connectivity index (χ1) is 10.8. The minimum absolute atomic E-state index is 0.298. The molecule has 122 valence electrons. The fourth-order valence-corrected chi connectivity index (χ4v) is 3.26. The van der Waals surface area contributed by atoms with Crippen LogP contribution in [0.1, 0.15) is 24.2 Å². The molecule has 7 heteroatoms. The van der Waals surface area contributed by atoms with E-state index in [1.807, 2.05) is 0 Å². The third kappa shape index (κ3) is 4.24. The molecule has 0 fully saturated rings. The van der Waals surface area contributed by atoms with Gasteiger partial charge in [0.25, 0.3) is 0 Å². The highest BCUT2D eigenvalue weighted by atomic mass is 35.5. The molecule has 0 heterocycles. The predicted octanol–water partition coefficient (Wildman–Crippen LogP) is 5.96. The van der Waals surface area contributed by atoms with E-state index in [2.05, 4.69) is 0 Å². The molecule has 0 radical (unpaired) electrons. The molecule has 23 heavy (non-hydrogen) atoms. The number of carbonyl (C=O) groups is 1. The number of hydrogen-bond acceptors (Lipinski definition) is 3. The average Bonchev–Trinajstić information content (AvgIpc) is 2.45. The Balaban J connectivity index is 2.62. The molecule has 1 atom stereocenters. The topological polar surface area (TPSA) is 35.5 Å². The van der Waals surface area contributed by atoms with Gasteiger partial charge in [-0.25, -0.2) is 0 Å². The van der Waals surface area contributed by atoms with E-state index in [-0.39, 0.29) is 0 Å². The third-order valence-electron chi connectivity index (χ3n) is 3.08. The van der Waals surface area contributed by atoms with Gasteiger partial charge in [0.15, 0.2) is 6.10 Å². The van der Waals surface area contributed by atoms with Crippen molar-refractivity contribution < 1.29 is 14.3 Å². The molecule has 2 aromatic carbocycles. The number of carbonyl (C=O) groups excluding carboxylic acids is 1. The summed E-state index contributed by atoms with van der Waals surface area (Å²) >= 11 is 24.7. The van der Waals surface area contributed by atoms with E-state index < -0.39 is 12.1 Å². The van der Waals surface area contributed by atoms with Crippen molar-refractivity contribution in [2.75, 3.05) is 7.11 Å². The van der Waals surface area contributed by atoms with Gasteiger partial charge in [0.05, 0.1) is 17.2 Å². The zero-order valence-electron chi connectivity index (χ0n) is 12.2. The molecule has 0 amide bonds. The van der Waals surface area contributed by atoms with Gasteiger partial charge in [-0.05, 0) is 24.3 Å². The maximum atomic E-state index is 11.5. The molecule has 0 aliphatic rings. The molecule has 0 aliphatic heterocycles. The van der Waals surface area contributed by atoms with Crippen LogP contribution >= 0.6 is 46.4 Å². The summed E-state index contributed by atoms with van der Waals surface area (Å²) in [5.74, 6) is -0.00324. The maximum absolute atomic E-state index is 11.5. The molecular weight excluding hydrogens is 382 g/mol. The Hall–Kier alpha value is -1.13. The van der Waals surface area contributed by atoms with Gasteiger partial charge < -0.3 is 9.47 Å². The second-order valence-corrected chi connectivity index (χ2v) is 6.32. The first kappa shape index (κ1) is 18.2. The highest BCUT2D eigenvalue weighted by molar-refractivity contribution is 6.37. The SMILES string of the molecule is COc1cc(Cl)c(C(OC(C)=O)c2ccc(Cl)cc2Cl)c(Cl)c1. The number of benzene rings is 2. The molecule has 2 rings (SSSR count). The van der Waals surface area contributed by atoms with Gasteiger partial charge in [-0.15, -0.1) is 0 Å². The van der Waals surface area contributed by atoms with Crippen molar-refractivity contribution in [2.24, 2.45) is 0 Å². The van der Waals surface area contributed by atoms with Crippen molar-refractivity contribution in [1.82, 2.24) is 0 Å². The molecular formula is C16H12Cl4O3. The summed E-state index contributed by atoms with van der Waals surface area (Å²) < 4.78 is 10.5. The second kappa shape index (κ2) is 7.63. The zero-order valence-corrected chi connectivity index (χ0v) is 15.2. The van der Waals surface area contributed by atoms with Crippen molar-refractivity contribution in [3.63, 3.8) is 0 Å². The fraction of sp³-hybridized carbons (Fsp3) is 0.188. The van der Waals surface area contributed by atoms with Crippen LogP contribution in [0.25, 0.3) is 0 Å². The molecule has 3 nitrogen and oxygen atoms in total. The normalized spacial score (nSPS) is 11.9. The van der Waals surface area contributed by atoms with Gasteiger partial charge in [-0.3, -0.25) is 4.79 Å². The van der Waals surface area contributed by atoms with Crippen LogP contribution in [0.5, 0.6) is 5.75 Å². The Morgan fingerprint density at radius 3 is 2.09 bits per heavy atom. The summed E-state index contributed by atoms with van der Waals surface area (Å²) in [6.07, 6.45) is -0.858.